The molecule has 0 saturated carbocycles. The van der Waals surface area contributed by atoms with Gasteiger partial charge in [-0.15, -0.1) is 0 Å². The summed E-state index contributed by atoms with van der Waals surface area (Å²) in [6.07, 6.45) is 3.29. The first-order valence-corrected chi connectivity index (χ1v) is 8.51. The molecule has 4 rings (SSSR count). The number of carbonyl (C=O) groups excluding carboxylic acids is 1. The SMILES string of the molecule is C[C@@H](NC(=O)c1cnn(-c2ccccc2)c1)c1ccc2c(c1)OCCO2. The molecule has 3 aromatic rings. The van der Waals surface area contributed by atoms with E-state index >= 15 is 0 Å². The van der Waals surface area contributed by atoms with Gasteiger partial charge in [-0.05, 0) is 36.8 Å². The molecular formula is C20H19N3O3. The van der Waals surface area contributed by atoms with Gasteiger partial charge >= 0.3 is 0 Å². The standard InChI is InChI=1S/C20H19N3O3/c1-14(15-7-8-18-19(11-15)26-10-9-25-18)22-20(24)16-12-21-23(13-16)17-5-3-2-4-6-17/h2-8,11-14H,9-10H2,1H3,(H,22,24)/t14-/m1/s1. The van der Waals surface area contributed by atoms with E-state index in [-0.39, 0.29) is 11.9 Å². The van der Waals surface area contributed by atoms with E-state index in [9.17, 15) is 4.79 Å². The predicted molar refractivity (Wildman–Crippen MR) is 96.9 cm³/mol. The minimum Gasteiger partial charge on any atom is -0.486 e. The van der Waals surface area contributed by atoms with Gasteiger partial charge < -0.3 is 14.8 Å². The summed E-state index contributed by atoms with van der Waals surface area (Å²) in [6, 6.07) is 15.2. The van der Waals surface area contributed by atoms with E-state index in [4.69, 9.17) is 9.47 Å². The number of carbonyl (C=O) groups is 1. The first-order chi connectivity index (χ1) is 12.7. The van der Waals surface area contributed by atoms with E-state index in [1.54, 1.807) is 17.1 Å². The molecule has 1 N–H and O–H groups in total. The monoisotopic (exact) mass is 349 g/mol. The third kappa shape index (κ3) is 3.26. The van der Waals surface area contributed by atoms with Gasteiger partial charge in [0.1, 0.15) is 13.2 Å². The lowest BCUT2D eigenvalue weighted by atomic mass is 10.1. The molecule has 0 unspecified atom stereocenters. The molecule has 0 spiro atoms. The highest BCUT2D eigenvalue weighted by atomic mass is 16.6. The number of nitrogens with one attached hydrogen (secondary N) is 1. The topological polar surface area (TPSA) is 65.4 Å². The summed E-state index contributed by atoms with van der Waals surface area (Å²) >= 11 is 0. The lowest BCUT2D eigenvalue weighted by Gasteiger charge is -2.21. The minimum atomic E-state index is -0.172. The van der Waals surface area contributed by atoms with Crippen molar-refractivity contribution in [2.45, 2.75) is 13.0 Å². The number of para-hydroxylation sites is 1. The Balaban J connectivity index is 1.47. The lowest BCUT2D eigenvalue weighted by molar-refractivity contribution is 0.0939. The third-order valence-electron chi connectivity index (χ3n) is 4.28. The fourth-order valence-electron chi connectivity index (χ4n) is 2.85. The maximum Gasteiger partial charge on any atom is 0.254 e. The number of aromatic nitrogens is 2. The van der Waals surface area contributed by atoms with Crippen molar-refractivity contribution in [3.63, 3.8) is 0 Å². The molecular weight excluding hydrogens is 330 g/mol. The van der Waals surface area contributed by atoms with E-state index in [1.807, 2.05) is 55.5 Å². The van der Waals surface area contributed by atoms with Crippen LogP contribution in [0.1, 0.15) is 28.9 Å². The van der Waals surface area contributed by atoms with Gasteiger partial charge in [0.2, 0.25) is 0 Å². The van der Waals surface area contributed by atoms with Crippen LogP contribution in [-0.4, -0.2) is 28.9 Å². The summed E-state index contributed by atoms with van der Waals surface area (Å²) in [5, 5.41) is 7.26. The first kappa shape index (κ1) is 16.2. The average molecular weight is 349 g/mol. The van der Waals surface area contributed by atoms with Crippen molar-refractivity contribution in [1.82, 2.24) is 15.1 Å². The highest BCUT2D eigenvalue weighted by Gasteiger charge is 2.17. The van der Waals surface area contributed by atoms with Crippen LogP contribution in [0.4, 0.5) is 0 Å². The van der Waals surface area contributed by atoms with Gasteiger partial charge in [-0.25, -0.2) is 4.68 Å². The second kappa shape index (κ2) is 6.92. The van der Waals surface area contributed by atoms with Crippen LogP contribution in [-0.2, 0) is 0 Å². The quantitative estimate of drug-likeness (QED) is 0.786. The number of benzene rings is 2. The summed E-state index contributed by atoms with van der Waals surface area (Å²) in [4.78, 5) is 12.5. The normalized spacial score (nSPS) is 13.9. The van der Waals surface area contributed by atoms with Gasteiger partial charge in [-0.3, -0.25) is 4.79 Å². The maximum absolute atomic E-state index is 12.5. The molecule has 6 nitrogen and oxygen atoms in total. The van der Waals surface area contributed by atoms with Crippen LogP contribution in [0.2, 0.25) is 0 Å². The average Bonchev–Trinajstić information content (AvgIpc) is 3.18. The van der Waals surface area contributed by atoms with Crippen LogP contribution in [0.25, 0.3) is 5.69 Å². The number of ether oxygens (including phenoxy) is 2. The second-order valence-electron chi connectivity index (χ2n) is 6.11. The second-order valence-corrected chi connectivity index (χ2v) is 6.11. The molecule has 0 radical (unpaired) electrons. The molecule has 1 atom stereocenters. The molecule has 1 aromatic heterocycles. The minimum absolute atomic E-state index is 0.168. The lowest BCUT2D eigenvalue weighted by Crippen LogP contribution is -2.26. The van der Waals surface area contributed by atoms with Gasteiger partial charge in [0.25, 0.3) is 5.91 Å². The first-order valence-electron chi connectivity index (χ1n) is 8.51. The van der Waals surface area contributed by atoms with Gasteiger partial charge in [0, 0.05) is 6.20 Å². The van der Waals surface area contributed by atoms with Gasteiger partial charge in [0.15, 0.2) is 11.5 Å². The summed E-state index contributed by atoms with van der Waals surface area (Å²) in [5.41, 5.74) is 2.38. The molecule has 0 fully saturated rings. The van der Waals surface area contributed by atoms with E-state index < -0.39 is 0 Å². The van der Waals surface area contributed by atoms with Gasteiger partial charge in [0.05, 0.1) is 23.5 Å². The van der Waals surface area contributed by atoms with Crippen molar-refractivity contribution in [1.29, 1.82) is 0 Å². The number of nitrogens with zero attached hydrogens (tertiary/aromatic N) is 2. The number of amides is 1. The predicted octanol–water partition coefficient (Wildman–Crippen LogP) is 3.13. The Kier molecular flexibility index (Phi) is 4.31. The molecule has 0 saturated heterocycles. The highest BCUT2D eigenvalue weighted by molar-refractivity contribution is 5.94. The Morgan fingerprint density at radius 2 is 1.88 bits per heavy atom. The molecule has 1 aliphatic rings. The van der Waals surface area contributed by atoms with Crippen molar-refractivity contribution >= 4 is 5.91 Å². The Hall–Kier alpha value is -3.28. The largest absolute Gasteiger partial charge is 0.486 e. The van der Waals surface area contributed by atoms with E-state index in [1.165, 1.54) is 0 Å². The molecule has 2 heterocycles. The summed E-state index contributed by atoms with van der Waals surface area (Å²) < 4.78 is 12.8. The Bertz CT molecular complexity index is 921. The molecule has 0 aliphatic carbocycles. The molecule has 1 aliphatic heterocycles. The molecule has 2 aromatic carbocycles. The summed E-state index contributed by atoms with van der Waals surface area (Å²) in [6.45, 7) is 3.03. The number of rotatable bonds is 4. The van der Waals surface area contributed by atoms with Crippen molar-refractivity contribution < 1.29 is 14.3 Å². The Labute approximate surface area is 151 Å². The Morgan fingerprint density at radius 1 is 1.12 bits per heavy atom. The van der Waals surface area contributed by atoms with Gasteiger partial charge in [-0.1, -0.05) is 24.3 Å². The van der Waals surface area contributed by atoms with Crippen LogP contribution in [0, 0.1) is 0 Å². The van der Waals surface area contributed by atoms with Crippen LogP contribution < -0.4 is 14.8 Å². The van der Waals surface area contributed by atoms with E-state index in [0.717, 1.165) is 17.0 Å². The van der Waals surface area contributed by atoms with Crippen LogP contribution in [0.5, 0.6) is 11.5 Å². The van der Waals surface area contributed by atoms with Crippen molar-refractivity contribution in [2.75, 3.05) is 13.2 Å². The van der Waals surface area contributed by atoms with E-state index in [0.29, 0.717) is 24.5 Å². The molecule has 132 valence electrons. The number of hydrogen-bond acceptors (Lipinski definition) is 4. The smallest absolute Gasteiger partial charge is 0.254 e. The van der Waals surface area contributed by atoms with Crippen LogP contribution in [0.3, 0.4) is 0 Å². The third-order valence-corrected chi connectivity index (χ3v) is 4.28. The van der Waals surface area contributed by atoms with Gasteiger partial charge in [-0.2, -0.15) is 5.10 Å². The van der Waals surface area contributed by atoms with Crippen LogP contribution in [0.15, 0.2) is 60.9 Å². The van der Waals surface area contributed by atoms with E-state index in [2.05, 4.69) is 10.4 Å². The fourth-order valence-corrected chi connectivity index (χ4v) is 2.85. The zero-order valence-corrected chi connectivity index (χ0v) is 14.4. The van der Waals surface area contributed by atoms with Crippen molar-refractivity contribution in [3.8, 4) is 17.2 Å². The van der Waals surface area contributed by atoms with Crippen LogP contribution >= 0.6 is 0 Å². The fraction of sp³-hybridized carbons (Fsp3) is 0.200. The molecule has 0 bridgehead atoms. The summed E-state index contributed by atoms with van der Waals surface area (Å²) in [7, 11) is 0. The van der Waals surface area contributed by atoms with Crippen molar-refractivity contribution in [2.24, 2.45) is 0 Å². The number of hydrogen-bond donors (Lipinski definition) is 1. The molecule has 1 amide bonds. The number of fused-ring (bicyclic) bond motifs is 1. The maximum atomic E-state index is 12.5. The zero-order valence-electron chi connectivity index (χ0n) is 14.4. The Morgan fingerprint density at radius 3 is 2.69 bits per heavy atom. The summed E-state index contributed by atoms with van der Waals surface area (Å²) in [5.74, 6) is 1.28. The van der Waals surface area contributed by atoms with Crippen molar-refractivity contribution in [3.05, 3.63) is 72.1 Å². The zero-order chi connectivity index (χ0) is 17.9. The molecule has 26 heavy (non-hydrogen) atoms. The highest BCUT2D eigenvalue weighted by Crippen LogP contribution is 2.32. The molecule has 6 heteroatoms.